The van der Waals surface area contributed by atoms with Gasteiger partial charge in [0.2, 0.25) is 0 Å². The van der Waals surface area contributed by atoms with E-state index in [2.05, 4.69) is 10.6 Å². The zero-order valence-corrected chi connectivity index (χ0v) is 16.5. The van der Waals surface area contributed by atoms with E-state index in [9.17, 15) is 13.2 Å². The molecule has 6 heteroatoms. The van der Waals surface area contributed by atoms with E-state index in [0.29, 0.717) is 17.7 Å². The van der Waals surface area contributed by atoms with Crippen molar-refractivity contribution in [2.24, 2.45) is 0 Å². The van der Waals surface area contributed by atoms with Crippen molar-refractivity contribution >= 4 is 15.7 Å². The normalized spacial score (nSPS) is 16.6. The first-order chi connectivity index (χ1) is 13.4. The number of rotatable bonds is 4. The minimum Gasteiger partial charge on any atom is -0.348 e. The van der Waals surface area contributed by atoms with E-state index in [0.717, 1.165) is 17.8 Å². The lowest BCUT2D eigenvalue weighted by Crippen LogP contribution is -2.42. The average Bonchev–Trinajstić information content (AvgIpc) is 3.15. The molecular formula is C22H22N2O3S. The standard InChI is InChI=1S/C22H22N2O3S/c1-28(26,27)16-17-7-5-10-19(15-17)22(25)24-14-13-23-12-6-11-20(23)21(24)18-8-3-2-4-9-18/h2-12,15,21H,13-14,16H2,1H3. The molecule has 5 nitrogen and oxygen atoms in total. The summed E-state index contributed by atoms with van der Waals surface area (Å²) >= 11 is 0. The Kier molecular flexibility index (Phi) is 4.81. The second-order valence-corrected chi connectivity index (χ2v) is 9.35. The number of carbonyl (C=O) groups is 1. The summed E-state index contributed by atoms with van der Waals surface area (Å²) in [6, 6.07) is 20.8. The van der Waals surface area contributed by atoms with Crippen LogP contribution in [0.25, 0.3) is 0 Å². The van der Waals surface area contributed by atoms with Crippen molar-refractivity contribution < 1.29 is 13.2 Å². The minimum absolute atomic E-state index is 0.0704. The minimum atomic E-state index is -3.16. The summed E-state index contributed by atoms with van der Waals surface area (Å²) in [5.74, 6) is -0.157. The molecule has 0 radical (unpaired) electrons. The van der Waals surface area contributed by atoms with Crippen LogP contribution in [-0.4, -0.2) is 36.6 Å². The van der Waals surface area contributed by atoms with Crippen molar-refractivity contribution in [3.05, 3.63) is 95.3 Å². The molecule has 0 aliphatic carbocycles. The van der Waals surface area contributed by atoms with Crippen molar-refractivity contribution in [1.29, 1.82) is 0 Å². The van der Waals surface area contributed by atoms with Crippen LogP contribution in [-0.2, 0) is 22.1 Å². The van der Waals surface area contributed by atoms with Crippen molar-refractivity contribution in [3.8, 4) is 0 Å². The van der Waals surface area contributed by atoms with Crippen LogP contribution in [0.5, 0.6) is 0 Å². The average molecular weight is 394 g/mol. The zero-order chi connectivity index (χ0) is 19.7. The fourth-order valence-electron chi connectivity index (χ4n) is 3.85. The highest BCUT2D eigenvalue weighted by molar-refractivity contribution is 7.89. The van der Waals surface area contributed by atoms with Crippen LogP contribution < -0.4 is 0 Å². The van der Waals surface area contributed by atoms with Gasteiger partial charge in [0, 0.05) is 36.8 Å². The van der Waals surface area contributed by atoms with E-state index in [1.807, 2.05) is 47.5 Å². The quantitative estimate of drug-likeness (QED) is 0.682. The molecule has 1 aliphatic rings. The second-order valence-electron chi connectivity index (χ2n) is 7.21. The molecule has 1 aliphatic heterocycles. The maximum Gasteiger partial charge on any atom is 0.254 e. The monoisotopic (exact) mass is 394 g/mol. The Labute approximate surface area is 165 Å². The molecule has 0 bridgehead atoms. The third-order valence-electron chi connectivity index (χ3n) is 5.02. The van der Waals surface area contributed by atoms with E-state index in [1.54, 1.807) is 24.3 Å². The maximum absolute atomic E-state index is 13.4. The van der Waals surface area contributed by atoms with Crippen LogP contribution >= 0.6 is 0 Å². The molecule has 28 heavy (non-hydrogen) atoms. The van der Waals surface area contributed by atoms with Gasteiger partial charge in [-0.15, -0.1) is 0 Å². The number of carbonyl (C=O) groups excluding carboxylic acids is 1. The number of amides is 1. The van der Waals surface area contributed by atoms with Crippen LogP contribution in [0.4, 0.5) is 0 Å². The first-order valence-corrected chi connectivity index (χ1v) is 11.3. The Morgan fingerprint density at radius 3 is 2.54 bits per heavy atom. The first kappa shape index (κ1) is 18.5. The van der Waals surface area contributed by atoms with Gasteiger partial charge in [0.05, 0.1) is 11.8 Å². The molecule has 1 atom stereocenters. The Morgan fingerprint density at radius 1 is 1.00 bits per heavy atom. The van der Waals surface area contributed by atoms with Gasteiger partial charge in [-0.1, -0.05) is 42.5 Å². The summed E-state index contributed by atoms with van der Waals surface area (Å²) < 4.78 is 25.4. The Balaban J connectivity index is 1.71. The van der Waals surface area contributed by atoms with Crippen molar-refractivity contribution in [2.45, 2.75) is 18.3 Å². The molecular weight excluding hydrogens is 372 g/mol. The zero-order valence-electron chi connectivity index (χ0n) is 15.7. The van der Waals surface area contributed by atoms with Crippen molar-refractivity contribution in [3.63, 3.8) is 0 Å². The molecule has 2 aromatic carbocycles. The molecule has 1 unspecified atom stereocenters. The van der Waals surface area contributed by atoms with Gasteiger partial charge in [-0.2, -0.15) is 0 Å². The number of hydrogen-bond donors (Lipinski definition) is 0. The molecule has 0 N–H and O–H groups in total. The number of sulfone groups is 1. The first-order valence-electron chi connectivity index (χ1n) is 9.20. The van der Waals surface area contributed by atoms with Crippen LogP contribution in [0, 0.1) is 0 Å². The van der Waals surface area contributed by atoms with Crippen LogP contribution in [0.3, 0.4) is 0 Å². The second kappa shape index (κ2) is 7.28. The number of aromatic nitrogens is 1. The summed E-state index contributed by atoms with van der Waals surface area (Å²) in [5.41, 5.74) is 3.29. The number of nitrogens with zero attached hydrogens (tertiary/aromatic N) is 2. The summed E-state index contributed by atoms with van der Waals surface area (Å²) in [5, 5.41) is 0. The van der Waals surface area contributed by atoms with E-state index in [-0.39, 0.29) is 17.7 Å². The summed E-state index contributed by atoms with van der Waals surface area (Å²) in [6.45, 7) is 1.33. The van der Waals surface area contributed by atoms with Crippen molar-refractivity contribution in [1.82, 2.24) is 9.47 Å². The van der Waals surface area contributed by atoms with Crippen LogP contribution in [0.1, 0.15) is 33.2 Å². The predicted molar refractivity (Wildman–Crippen MR) is 109 cm³/mol. The topological polar surface area (TPSA) is 59.4 Å². The number of fused-ring (bicyclic) bond motifs is 1. The van der Waals surface area contributed by atoms with E-state index in [1.165, 1.54) is 6.26 Å². The van der Waals surface area contributed by atoms with Crippen LogP contribution in [0.15, 0.2) is 72.9 Å². The summed E-state index contributed by atoms with van der Waals surface area (Å²) in [4.78, 5) is 15.3. The lowest BCUT2D eigenvalue weighted by molar-refractivity contribution is 0.0664. The van der Waals surface area contributed by atoms with E-state index in [4.69, 9.17) is 0 Å². The van der Waals surface area contributed by atoms with Gasteiger partial charge in [0.25, 0.3) is 5.91 Å². The molecule has 0 fully saturated rings. The molecule has 0 saturated heterocycles. The fraction of sp³-hybridized carbons (Fsp3) is 0.227. The third-order valence-corrected chi connectivity index (χ3v) is 5.87. The number of hydrogen-bond acceptors (Lipinski definition) is 3. The Bertz CT molecular complexity index is 1100. The van der Waals surface area contributed by atoms with Crippen molar-refractivity contribution in [2.75, 3.05) is 12.8 Å². The fourth-order valence-corrected chi connectivity index (χ4v) is 4.64. The smallest absolute Gasteiger partial charge is 0.254 e. The highest BCUT2D eigenvalue weighted by Gasteiger charge is 2.32. The Morgan fingerprint density at radius 2 is 1.79 bits per heavy atom. The lowest BCUT2D eigenvalue weighted by Gasteiger charge is -2.37. The van der Waals surface area contributed by atoms with Gasteiger partial charge in [0.15, 0.2) is 9.84 Å². The van der Waals surface area contributed by atoms with E-state index < -0.39 is 9.84 Å². The van der Waals surface area contributed by atoms with Gasteiger partial charge < -0.3 is 9.47 Å². The SMILES string of the molecule is CS(=O)(=O)Cc1cccc(C(=O)N2CCn3cccc3C2c2ccccc2)c1. The van der Waals surface area contributed by atoms with Gasteiger partial charge in [0.1, 0.15) is 0 Å². The molecule has 3 aromatic rings. The van der Waals surface area contributed by atoms with Gasteiger partial charge in [-0.3, -0.25) is 4.79 Å². The molecule has 1 amide bonds. The lowest BCUT2D eigenvalue weighted by atomic mass is 9.98. The van der Waals surface area contributed by atoms with Gasteiger partial charge >= 0.3 is 0 Å². The van der Waals surface area contributed by atoms with Gasteiger partial charge in [-0.25, -0.2) is 8.42 Å². The molecule has 0 saturated carbocycles. The molecule has 144 valence electrons. The van der Waals surface area contributed by atoms with Crippen LogP contribution in [0.2, 0.25) is 0 Å². The van der Waals surface area contributed by atoms with Gasteiger partial charge in [-0.05, 0) is 35.4 Å². The largest absolute Gasteiger partial charge is 0.348 e. The highest BCUT2D eigenvalue weighted by atomic mass is 32.2. The third kappa shape index (κ3) is 3.73. The molecule has 2 heterocycles. The molecule has 1 aromatic heterocycles. The molecule has 0 spiro atoms. The maximum atomic E-state index is 13.4. The predicted octanol–water partition coefficient (Wildman–Crippen LogP) is 3.28. The van der Waals surface area contributed by atoms with E-state index >= 15 is 0 Å². The molecule has 4 rings (SSSR count). The summed E-state index contributed by atoms with van der Waals surface area (Å²) in [7, 11) is -3.16. The summed E-state index contributed by atoms with van der Waals surface area (Å²) in [6.07, 6.45) is 3.24. The highest BCUT2D eigenvalue weighted by Crippen LogP contribution is 2.33. The Hall–Kier alpha value is -2.86. The number of benzene rings is 2.